The van der Waals surface area contributed by atoms with Crippen molar-refractivity contribution in [2.24, 2.45) is 0 Å². The minimum Gasteiger partial charge on any atom is -0.504 e. The number of aliphatic hydroxyl groups is 2. The third-order valence-corrected chi connectivity index (χ3v) is 5.57. The normalized spacial score (nSPS) is 23.7. The SMILES string of the molecule is O=C(C=Cc1ccc(O)c(O)c1)O[C@H]1[C@H](O)C[C@](O)(C(=O)O)C[C@@H]1OC(=O)C=Cc1ccc(O)c(O)c1. The fraction of sp³-hybridized carbons (Fsp3) is 0.240. The van der Waals surface area contributed by atoms with Crippen molar-refractivity contribution in [3.8, 4) is 23.0 Å². The Labute approximate surface area is 209 Å². The molecule has 12 nitrogen and oxygen atoms in total. The predicted octanol–water partition coefficient (Wildman–Crippen LogP) is 1.03. The summed E-state index contributed by atoms with van der Waals surface area (Å²) >= 11 is 0. The van der Waals surface area contributed by atoms with Crippen molar-refractivity contribution in [3.63, 3.8) is 0 Å². The van der Waals surface area contributed by atoms with E-state index in [1.165, 1.54) is 42.5 Å². The fourth-order valence-electron chi connectivity index (χ4n) is 3.66. The minimum absolute atomic E-state index is 0.311. The molecule has 3 rings (SSSR count). The maximum absolute atomic E-state index is 12.4. The Morgan fingerprint density at radius 1 is 0.784 bits per heavy atom. The molecule has 0 unspecified atom stereocenters. The quantitative estimate of drug-likeness (QED) is 0.156. The van der Waals surface area contributed by atoms with Gasteiger partial charge in [0.15, 0.2) is 34.7 Å². The molecule has 0 spiro atoms. The van der Waals surface area contributed by atoms with Crippen LogP contribution in [-0.2, 0) is 23.9 Å². The summed E-state index contributed by atoms with van der Waals surface area (Å²) in [6.45, 7) is 0. The first-order valence-electron chi connectivity index (χ1n) is 10.8. The van der Waals surface area contributed by atoms with Gasteiger partial charge in [0.25, 0.3) is 0 Å². The highest BCUT2D eigenvalue weighted by atomic mass is 16.6. The van der Waals surface area contributed by atoms with Crippen LogP contribution in [0.2, 0.25) is 0 Å². The number of rotatable bonds is 7. The Morgan fingerprint density at radius 2 is 1.27 bits per heavy atom. The molecular weight excluding hydrogens is 492 g/mol. The van der Waals surface area contributed by atoms with Crippen LogP contribution in [0.4, 0.5) is 0 Å². The van der Waals surface area contributed by atoms with E-state index in [2.05, 4.69) is 0 Å². The van der Waals surface area contributed by atoms with E-state index in [0.29, 0.717) is 11.1 Å². The van der Waals surface area contributed by atoms with E-state index < -0.39 is 66.2 Å². The molecule has 1 aliphatic carbocycles. The van der Waals surface area contributed by atoms with Crippen LogP contribution < -0.4 is 0 Å². The average molecular weight is 516 g/mol. The third kappa shape index (κ3) is 6.78. The van der Waals surface area contributed by atoms with E-state index in [1.54, 1.807) is 0 Å². The minimum atomic E-state index is -2.46. The van der Waals surface area contributed by atoms with Crippen molar-refractivity contribution in [1.29, 1.82) is 0 Å². The highest BCUT2D eigenvalue weighted by Crippen LogP contribution is 2.33. The topological polar surface area (TPSA) is 211 Å². The molecule has 1 aliphatic rings. The van der Waals surface area contributed by atoms with E-state index in [4.69, 9.17) is 9.47 Å². The highest BCUT2D eigenvalue weighted by Gasteiger charge is 2.52. The van der Waals surface area contributed by atoms with Gasteiger partial charge < -0.3 is 45.2 Å². The molecule has 0 radical (unpaired) electrons. The van der Waals surface area contributed by atoms with Crippen molar-refractivity contribution in [3.05, 3.63) is 59.7 Å². The van der Waals surface area contributed by atoms with E-state index >= 15 is 0 Å². The Kier molecular flexibility index (Phi) is 8.05. The van der Waals surface area contributed by atoms with Gasteiger partial charge in [-0.3, -0.25) is 0 Å². The van der Waals surface area contributed by atoms with Crippen LogP contribution in [0.3, 0.4) is 0 Å². The van der Waals surface area contributed by atoms with Crippen LogP contribution >= 0.6 is 0 Å². The van der Waals surface area contributed by atoms with Gasteiger partial charge >= 0.3 is 17.9 Å². The molecule has 37 heavy (non-hydrogen) atoms. The van der Waals surface area contributed by atoms with Gasteiger partial charge in [-0.1, -0.05) is 12.1 Å². The average Bonchev–Trinajstić information content (AvgIpc) is 2.82. The number of carboxylic acid groups (broad SMARTS) is 1. The Balaban J connectivity index is 1.75. The lowest BCUT2D eigenvalue weighted by atomic mass is 9.79. The van der Waals surface area contributed by atoms with Crippen molar-refractivity contribution < 1.29 is 59.6 Å². The number of phenolic OH excluding ortho intramolecular Hbond substituents is 4. The molecule has 0 aromatic heterocycles. The summed E-state index contributed by atoms with van der Waals surface area (Å²) in [6, 6.07) is 7.50. The molecule has 4 atom stereocenters. The van der Waals surface area contributed by atoms with Crippen LogP contribution in [-0.4, -0.2) is 77.6 Å². The second kappa shape index (κ2) is 11.0. The highest BCUT2D eigenvalue weighted by molar-refractivity contribution is 5.88. The molecule has 2 aromatic carbocycles. The fourth-order valence-corrected chi connectivity index (χ4v) is 3.66. The van der Waals surface area contributed by atoms with Crippen molar-refractivity contribution >= 4 is 30.1 Å². The number of esters is 2. The summed E-state index contributed by atoms with van der Waals surface area (Å²) in [7, 11) is 0. The Morgan fingerprint density at radius 3 is 1.73 bits per heavy atom. The van der Waals surface area contributed by atoms with Crippen LogP contribution in [0.25, 0.3) is 12.2 Å². The van der Waals surface area contributed by atoms with Crippen molar-refractivity contribution in [2.45, 2.75) is 36.8 Å². The van der Waals surface area contributed by atoms with Gasteiger partial charge in [-0.25, -0.2) is 14.4 Å². The molecule has 1 saturated carbocycles. The summed E-state index contributed by atoms with van der Waals surface area (Å²) in [5.41, 5.74) is -1.82. The molecule has 7 N–H and O–H groups in total. The first-order chi connectivity index (χ1) is 17.4. The number of aliphatic hydroxyl groups excluding tert-OH is 1. The van der Waals surface area contributed by atoms with E-state index in [0.717, 1.165) is 18.2 Å². The van der Waals surface area contributed by atoms with Crippen molar-refractivity contribution in [1.82, 2.24) is 0 Å². The van der Waals surface area contributed by atoms with Gasteiger partial charge in [0.1, 0.15) is 6.10 Å². The number of hydrogen-bond acceptors (Lipinski definition) is 11. The predicted molar refractivity (Wildman–Crippen MR) is 125 cm³/mol. The lowest BCUT2D eigenvalue weighted by Crippen LogP contribution is -2.58. The van der Waals surface area contributed by atoms with E-state index in [1.807, 2.05) is 0 Å². The Hall–Kier alpha value is -4.55. The molecule has 1 fully saturated rings. The van der Waals surface area contributed by atoms with Gasteiger partial charge in [-0.2, -0.15) is 0 Å². The number of hydrogen-bond donors (Lipinski definition) is 7. The van der Waals surface area contributed by atoms with Gasteiger partial charge in [0, 0.05) is 25.0 Å². The number of benzene rings is 2. The molecule has 196 valence electrons. The van der Waals surface area contributed by atoms with E-state index in [-0.39, 0.29) is 11.5 Å². The second-order valence-electron chi connectivity index (χ2n) is 8.35. The summed E-state index contributed by atoms with van der Waals surface area (Å²) < 4.78 is 10.4. The molecule has 0 amide bonds. The first kappa shape index (κ1) is 27.0. The number of ether oxygens (including phenoxy) is 2. The molecule has 2 aromatic rings. The number of carbonyl (C=O) groups excluding carboxylic acids is 2. The second-order valence-corrected chi connectivity index (χ2v) is 8.35. The van der Waals surface area contributed by atoms with Gasteiger partial charge in [-0.05, 0) is 47.5 Å². The smallest absolute Gasteiger partial charge is 0.335 e. The molecular formula is C25H24O12. The van der Waals surface area contributed by atoms with Gasteiger partial charge in [0.05, 0.1) is 6.10 Å². The number of aliphatic carboxylic acids is 1. The lowest BCUT2D eigenvalue weighted by molar-refractivity contribution is -0.204. The number of phenols is 4. The molecule has 0 bridgehead atoms. The first-order valence-corrected chi connectivity index (χ1v) is 10.8. The summed E-state index contributed by atoms with van der Waals surface area (Å²) in [5, 5.41) is 68.0. The van der Waals surface area contributed by atoms with Gasteiger partial charge in [-0.15, -0.1) is 0 Å². The van der Waals surface area contributed by atoms with Crippen LogP contribution in [0.1, 0.15) is 24.0 Å². The van der Waals surface area contributed by atoms with Crippen LogP contribution in [0, 0.1) is 0 Å². The lowest BCUT2D eigenvalue weighted by Gasteiger charge is -2.40. The zero-order chi connectivity index (χ0) is 27.3. The summed E-state index contributed by atoms with van der Waals surface area (Å²) in [5.74, 6) is -5.29. The number of carbonyl (C=O) groups is 3. The zero-order valence-electron chi connectivity index (χ0n) is 19.1. The summed E-state index contributed by atoms with van der Waals surface area (Å²) in [4.78, 5) is 36.3. The largest absolute Gasteiger partial charge is 0.504 e. The molecule has 0 saturated heterocycles. The Bertz CT molecular complexity index is 1250. The zero-order valence-corrected chi connectivity index (χ0v) is 19.1. The summed E-state index contributed by atoms with van der Waals surface area (Å²) in [6.07, 6.45) is -1.86. The third-order valence-electron chi connectivity index (χ3n) is 5.57. The molecule has 12 heteroatoms. The molecule has 0 aliphatic heterocycles. The standard InChI is InChI=1S/C25H24O12/c26-15-5-1-13(9-17(15)28)3-7-21(31)36-20-12-25(35,24(33)34)11-19(30)23(20)37-22(32)8-4-14-2-6-16(27)18(29)10-14/h1-10,19-20,23,26-30,35H,11-12H2,(H,33,34)/t19-,20+,23+,25-/m1/s1. The molecule has 0 heterocycles. The number of aromatic hydroxyl groups is 4. The van der Waals surface area contributed by atoms with Crippen LogP contribution in [0.5, 0.6) is 23.0 Å². The maximum atomic E-state index is 12.4. The number of carboxylic acids is 1. The monoisotopic (exact) mass is 516 g/mol. The van der Waals surface area contributed by atoms with Gasteiger partial charge in [0.2, 0.25) is 0 Å². The van der Waals surface area contributed by atoms with Crippen molar-refractivity contribution in [2.75, 3.05) is 0 Å². The van der Waals surface area contributed by atoms with E-state index in [9.17, 15) is 50.1 Å². The maximum Gasteiger partial charge on any atom is 0.335 e. The van der Waals surface area contributed by atoms with Crippen LogP contribution in [0.15, 0.2) is 48.6 Å².